The molecule has 0 saturated carbocycles. The fourth-order valence-corrected chi connectivity index (χ4v) is 3.17. The minimum absolute atomic E-state index is 0.171. The van der Waals surface area contributed by atoms with Crippen molar-refractivity contribution in [3.63, 3.8) is 0 Å². The lowest BCUT2D eigenvalue weighted by atomic mass is 9.99. The molecule has 0 aromatic carbocycles. The van der Waals surface area contributed by atoms with Crippen molar-refractivity contribution in [3.8, 4) is 0 Å². The molecule has 1 amide bonds. The molecule has 0 radical (unpaired) electrons. The first kappa shape index (κ1) is 19.6. The molecule has 1 aliphatic rings. The predicted octanol–water partition coefficient (Wildman–Crippen LogP) is 2.11. The van der Waals surface area contributed by atoms with E-state index in [-0.39, 0.29) is 5.91 Å². The molecule has 1 aromatic rings. The van der Waals surface area contributed by atoms with Gasteiger partial charge in [0.1, 0.15) is 0 Å². The summed E-state index contributed by atoms with van der Waals surface area (Å²) in [5.74, 6) is 1.89. The molecule has 1 fully saturated rings. The molecular formula is C18H32N6O. The number of carbonyl (C=O) groups is 1. The first-order chi connectivity index (χ1) is 12.0. The smallest absolute Gasteiger partial charge is 0.222 e. The Bertz CT molecular complexity index is 562. The van der Waals surface area contributed by atoms with E-state index in [1.807, 2.05) is 23.4 Å². The molecule has 0 N–H and O–H groups in total. The molecule has 7 heteroatoms. The number of amides is 1. The van der Waals surface area contributed by atoms with Crippen LogP contribution in [0.3, 0.4) is 0 Å². The minimum atomic E-state index is 0.171. The first-order valence-corrected chi connectivity index (χ1v) is 9.39. The largest absolute Gasteiger partial charge is 0.339 e. The quantitative estimate of drug-likeness (QED) is 0.640. The molecule has 25 heavy (non-hydrogen) atoms. The molecule has 1 aromatic heterocycles. The SMILES string of the molecule is C=C(C)CN(CC)C(=O)CCCn1nnnc1CN1CCC(C)CC1. The zero-order chi connectivity index (χ0) is 18.2. The summed E-state index contributed by atoms with van der Waals surface area (Å²) in [5.41, 5.74) is 1.01. The second-order valence-corrected chi connectivity index (χ2v) is 7.25. The second-order valence-electron chi connectivity index (χ2n) is 7.25. The summed E-state index contributed by atoms with van der Waals surface area (Å²) in [6, 6.07) is 0. The van der Waals surface area contributed by atoms with Crippen LogP contribution < -0.4 is 0 Å². The standard InChI is InChI=1S/C18H32N6O/c1-5-23(13-15(2)3)18(25)7-6-10-24-17(19-20-21-24)14-22-11-8-16(4)9-12-22/h16H,2,5-14H2,1,3-4H3. The summed E-state index contributed by atoms with van der Waals surface area (Å²) in [4.78, 5) is 16.5. The Morgan fingerprint density at radius 3 is 2.72 bits per heavy atom. The number of likely N-dealkylation sites (N-methyl/N-ethyl adjacent to an activating group) is 1. The van der Waals surface area contributed by atoms with Gasteiger partial charge in [-0.3, -0.25) is 9.69 Å². The summed E-state index contributed by atoms with van der Waals surface area (Å²) >= 11 is 0. The fourth-order valence-electron chi connectivity index (χ4n) is 3.17. The Labute approximate surface area is 151 Å². The van der Waals surface area contributed by atoms with Crippen LogP contribution in [-0.2, 0) is 17.9 Å². The van der Waals surface area contributed by atoms with E-state index >= 15 is 0 Å². The van der Waals surface area contributed by atoms with Crippen molar-refractivity contribution in [1.82, 2.24) is 30.0 Å². The predicted molar refractivity (Wildman–Crippen MR) is 97.8 cm³/mol. The van der Waals surface area contributed by atoms with Crippen molar-refractivity contribution >= 4 is 5.91 Å². The summed E-state index contributed by atoms with van der Waals surface area (Å²) < 4.78 is 1.85. The lowest BCUT2D eigenvalue weighted by molar-refractivity contribution is -0.130. The molecule has 0 unspecified atom stereocenters. The molecule has 0 aliphatic carbocycles. The fraction of sp³-hybridized carbons (Fsp3) is 0.778. The van der Waals surface area contributed by atoms with Gasteiger partial charge in [0.2, 0.25) is 5.91 Å². The van der Waals surface area contributed by atoms with Gasteiger partial charge in [0, 0.05) is 26.1 Å². The van der Waals surface area contributed by atoms with Gasteiger partial charge in [0.25, 0.3) is 0 Å². The normalized spacial score (nSPS) is 16.1. The molecule has 0 spiro atoms. The summed E-state index contributed by atoms with van der Waals surface area (Å²) in [5, 5.41) is 12.1. The zero-order valence-corrected chi connectivity index (χ0v) is 15.9. The lowest BCUT2D eigenvalue weighted by Crippen LogP contribution is -2.33. The van der Waals surface area contributed by atoms with Crippen LogP contribution in [0.5, 0.6) is 0 Å². The highest BCUT2D eigenvalue weighted by Crippen LogP contribution is 2.17. The number of piperidine rings is 1. The highest BCUT2D eigenvalue weighted by atomic mass is 16.2. The van der Waals surface area contributed by atoms with Crippen LogP contribution >= 0.6 is 0 Å². The van der Waals surface area contributed by atoms with Crippen LogP contribution in [0.4, 0.5) is 0 Å². The Hall–Kier alpha value is -1.76. The van der Waals surface area contributed by atoms with Crippen LogP contribution in [0.25, 0.3) is 0 Å². The molecular weight excluding hydrogens is 316 g/mol. The van der Waals surface area contributed by atoms with Crippen molar-refractivity contribution in [1.29, 1.82) is 0 Å². The third kappa shape index (κ3) is 6.23. The molecule has 140 valence electrons. The van der Waals surface area contributed by atoms with Crippen LogP contribution in [-0.4, -0.2) is 62.1 Å². The van der Waals surface area contributed by atoms with Gasteiger partial charge >= 0.3 is 0 Å². The average Bonchev–Trinajstić information content (AvgIpc) is 3.01. The van der Waals surface area contributed by atoms with E-state index in [2.05, 4.69) is 33.9 Å². The maximum atomic E-state index is 12.3. The summed E-state index contributed by atoms with van der Waals surface area (Å²) in [7, 11) is 0. The summed E-state index contributed by atoms with van der Waals surface area (Å²) in [6.07, 6.45) is 3.75. The second kappa shape index (κ2) is 9.65. The molecule has 7 nitrogen and oxygen atoms in total. The first-order valence-electron chi connectivity index (χ1n) is 9.39. The maximum absolute atomic E-state index is 12.3. The van der Waals surface area contributed by atoms with Gasteiger partial charge in [-0.25, -0.2) is 4.68 Å². The minimum Gasteiger partial charge on any atom is -0.339 e. The van der Waals surface area contributed by atoms with Gasteiger partial charge in [0.05, 0.1) is 6.54 Å². The van der Waals surface area contributed by atoms with Gasteiger partial charge in [-0.2, -0.15) is 0 Å². The zero-order valence-electron chi connectivity index (χ0n) is 15.9. The number of tetrazole rings is 1. The Morgan fingerprint density at radius 1 is 1.36 bits per heavy atom. The molecule has 0 bridgehead atoms. The van der Waals surface area contributed by atoms with Crippen LogP contribution in [0.15, 0.2) is 12.2 Å². The molecule has 1 saturated heterocycles. The number of hydrogen-bond acceptors (Lipinski definition) is 5. The Morgan fingerprint density at radius 2 is 2.08 bits per heavy atom. The molecule has 1 aliphatic heterocycles. The highest BCUT2D eigenvalue weighted by Gasteiger charge is 2.18. The summed E-state index contributed by atoms with van der Waals surface area (Å²) in [6.45, 7) is 15.2. The number of aryl methyl sites for hydroxylation is 1. The van der Waals surface area contributed by atoms with Crippen LogP contribution in [0.1, 0.15) is 52.3 Å². The third-order valence-electron chi connectivity index (χ3n) is 4.80. The van der Waals surface area contributed by atoms with E-state index in [0.29, 0.717) is 19.5 Å². The van der Waals surface area contributed by atoms with Gasteiger partial charge < -0.3 is 4.90 Å². The van der Waals surface area contributed by atoms with E-state index in [9.17, 15) is 4.79 Å². The van der Waals surface area contributed by atoms with Crippen molar-refractivity contribution in [2.45, 2.75) is 59.5 Å². The highest BCUT2D eigenvalue weighted by molar-refractivity contribution is 5.76. The molecule has 2 rings (SSSR count). The monoisotopic (exact) mass is 348 g/mol. The Balaban J connectivity index is 1.79. The van der Waals surface area contributed by atoms with E-state index in [1.165, 1.54) is 12.8 Å². The number of nitrogens with zero attached hydrogens (tertiary/aromatic N) is 6. The van der Waals surface area contributed by atoms with Crippen molar-refractivity contribution in [3.05, 3.63) is 18.0 Å². The van der Waals surface area contributed by atoms with Gasteiger partial charge in [-0.05, 0) is 62.5 Å². The van der Waals surface area contributed by atoms with Gasteiger partial charge in [-0.1, -0.05) is 19.1 Å². The number of hydrogen-bond donors (Lipinski definition) is 0. The van der Waals surface area contributed by atoms with Gasteiger partial charge in [-0.15, -0.1) is 5.10 Å². The van der Waals surface area contributed by atoms with Gasteiger partial charge in [0.15, 0.2) is 5.82 Å². The lowest BCUT2D eigenvalue weighted by Gasteiger charge is -2.29. The molecule has 0 atom stereocenters. The van der Waals surface area contributed by atoms with Crippen molar-refractivity contribution in [2.75, 3.05) is 26.2 Å². The van der Waals surface area contributed by atoms with E-state index in [0.717, 1.165) is 49.9 Å². The van der Waals surface area contributed by atoms with Crippen LogP contribution in [0, 0.1) is 5.92 Å². The van der Waals surface area contributed by atoms with Crippen molar-refractivity contribution in [2.24, 2.45) is 5.92 Å². The number of rotatable bonds is 9. The Kier molecular flexibility index (Phi) is 7.55. The van der Waals surface area contributed by atoms with Crippen molar-refractivity contribution < 1.29 is 4.79 Å². The number of carbonyl (C=O) groups excluding carboxylic acids is 1. The van der Waals surface area contributed by atoms with Crippen LogP contribution in [0.2, 0.25) is 0 Å². The molecule has 2 heterocycles. The van der Waals surface area contributed by atoms with E-state index < -0.39 is 0 Å². The topological polar surface area (TPSA) is 67.2 Å². The average molecular weight is 348 g/mol. The van der Waals surface area contributed by atoms with E-state index in [1.54, 1.807) is 0 Å². The third-order valence-corrected chi connectivity index (χ3v) is 4.80. The van der Waals surface area contributed by atoms with E-state index in [4.69, 9.17) is 0 Å². The number of likely N-dealkylation sites (tertiary alicyclic amines) is 1. The number of aromatic nitrogens is 4. The maximum Gasteiger partial charge on any atom is 0.222 e.